The molecule has 5 heteroatoms. The van der Waals surface area contributed by atoms with Crippen molar-refractivity contribution < 1.29 is 14.7 Å². The van der Waals surface area contributed by atoms with Crippen LogP contribution in [0.25, 0.3) is 0 Å². The lowest BCUT2D eigenvalue weighted by Crippen LogP contribution is -2.45. The normalized spacial score (nSPS) is 21.7. The minimum Gasteiger partial charge on any atom is -0.481 e. The van der Waals surface area contributed by atoms with Crippen LogP contribution < -0.4 is 0 Å². The van der Waals surface area contributed by atoms with Gasteiger partial charge >= 0.3 is 5.97 Å². The van der Waals surface area contributed by atoms with E-state index in [1.807, 2.05) is 39.8 Å². The molecule has 1 unspecified atom stereocenters. The zero-order valence-electron chi connectivity index (χ0n) is 14.1. The summed E-state index contributed by atoms with van der Waals surface area (Å²) >= 11 is 6.04. The van der Waals surface area contributed by atoms with E-state index in [-0.39, 0.29) is 18.4 Å². The lowest BCUT2D eigenvalue weighted by molar-refractivity contribution is -0.151. The molecule has 0 saturated carbocycles. The lowest BCUT2D eigenvalue weighted by atomic mass is 9.76. The Hall–Kier alpha value is -1.55. The van der Waals surface area contributed by atoms with E-state index in [2.05, 4.69) is 0 Å². The summed E-state index contributed by atoms with van der Waals surface area (Å²) in [6.07, 6.45) is 0.497. The Morgan fingerprint density at radius 1 is 1.35 bits per heavy atom. The standard InChI is InChI=1S/C18H24ClNO3/c1-12(2)18(16(22)23)8-9-20(11-18)15(21)17(3,4)13-6-5-7-14(19)10-13/h5-7,10,12H,8-9,11H2,1-4H3,(H,22,23). The molecular weight excluding hydrogens is 314 g/mol. The van der Waals surface area contributed by atoms with E-state index in [0.29, 0.717) is 18.0 Å². The first-order valence-electron chi connectivity index (χ1n) is 7.90. The summed E-state index contributed by atoms with van der Waals surface area (Å²) in [5, 5.41) is 10.2. The van der Waals surface area contributed by atoms with Crippen LogP contribution in [-0.2, 0) is 15.0 Å². The van der Waals surface area contributed by atoms with E-state index in [4.69, 9.17) is 11.6 Å². The van der Waals surface area contributed by atoms with E-state index in [1.165, 1.54) is 0 Å². The van der Waals surface area contributed by atoms with Gasteiger partial charge in [-0.3, -0.25) is 9.59 Å². The molecule has 0 bridgehead atoms. The number of carbonyl (C=O) groups is 2. The predicted octanol–water partition coefficient (Wildman–Crippen LogP) is 3.58. The van der Waals surface area contributed by atoms with Crippen molar-refractivity contribution in [2.45, 2.75) is 39.5 Å². The Morgan fingerprint density at radius 3 is 2.48 bits per heavy atom. The van der Waals surface area contributed by atoms with Gasteiger partial charge in [0.05, 0.1) is 10.8 Å². The van der Waals surface area contributed by atoms with Crippen LogP contribution in [-0.4, -0.2) is 35.0 Å². The zero-order valence-corrected chi connectivity index (χ0v) is 14.9. The summed E-state index contributed by atoms with van der Waals surface area (Å²) in [6.45, 7) is 8.28. The number of amides is 1. The first-order valence-corrected chi connectivity index (χ1v) is 8.28. The fraction of sp³-hybridized carbons (Fsp3) is 0.556. The number of halogens is 1. The summed E-state index contributed by atoms with van der Waals surface area (Å²) in [6, 6.07) is 7.27. The van der Waals surface area contributed by atoms with Crippen LogP contribution in [0.2, 0.25) is 5.02 Å². The van der Waals surface area contributed by atoms with E-state index < -0.39 is 16.8 Å². The molecule has 1 aromatic rings. The lowest BCUT2D eigenvalue weighted by Gasteiger charge is -2.32. The molecule has 1 N–H and O–H groups in total. The minimum absolute atomic E-state index is 0.0212. The molecule has 1 saturated heterocycles. The molecule has 1 fully saturated rings. The Morgan fingerprint density at radius 2 is 2.00 bits per heavy atom. The number of carboxylic acid groups (broad SMARTS) is 1. The predicted molar refractivity (Wildman–Crippen MR) is 90.6 cm³/mol. The molecule has 1 aliphatic heterocycles. The van der Waals surface area contributed by atoms with Crippen LogP contribution in [0.15, 0.2) is 24.3 Å². The number of rotatable bonds is 4. The molecule has 2 rings (SSSR count). The molecule has 4 nitrogen and oxygen atoms in total. The summed E-state index contributed by atoms with van der Waals surface area (Å²) in [4.78, 5) is 26.4. The second kappa shape index (κ2) is 6.16. The third kappa shape index (κ3) is 3.09. The molecular formula is C18H24ClNO3. The summed E-state index contributed by atoms with van der Waals surface area (Å²) in [5.41, 5.74) is -0.747. The van der Waals surface area contributed by atoms with Crippen molar-refractivity contribution >= 4 is 23.5 Å². The number of nitrogens with zero attached hydrogens (tertiary/aromatic N) is 1. The highest BCUT2D eigenvalue weighted by Crippen LogP contribution is 2.40. The number of benzene rings is 1. The van der Waals surface area contributed by atoms with Crippen LogP contribution in [0, 0.1) is 11.3 Å². The largest absolute Gasteiger partial charge is 0.481 e. The van der Waals surface area contributed by atoms with E-state index in [1.54, 1.807) is 17.0 Å². The third-order valence-corrected chi connectivity index (χ3v) is 5.44. The molecule has 1 aromatic carbocycles. The average Bonchev–Trinajstić information content (AvgIpc) is 2.93. The van der Waals surface area contributed by atoms with Gasteiger partial charge in [0.15, 0.2) is 0 Å². The van der Waals surface area contributed by atoms with Crippen molar-refractivity contribution in [2.75, 3.05) is 13.1 Å². The topological polar surface area (TPSA) is 57.6 Å². The zero-order chi connectivity index (χ0) is 17.4. The fourth-order valence-corrected chi connectivity index (χ4v) is 3.49. The van der Waals surface area contributed by atoms with Gasteiger partial charge < -0.3 is 10.0 Å². The summed E-state index contributed by atoms with van der Waals surface area (Å²) in [5.74, 6) is -0.890. The molecule has 0 aromatic heterocycles. The fourth-order valence-electron chi connectivity index (χ4n) is 3.30. The number of hydrogen-bond donors (Lipinski definition) is 1. The second-order valence-corrected chi connectivity index (χ2v) is 7.66. The van der Waals surface area contributed by atoms with Crippen molar-refractivity contribution in [3.05, 3.63) is 34.9 Å². The molecule has 1 atom stereocenters. The Bertz CT molecular complexity index is 626. The Labute approximate surface area is 142 Å². The highest BCUT2D eigenvalue weighted by atomic mass is 35.5. The first-order chi connectivity index (χ1) is 10.6. The van der Waals surface area contributed by atoms with Gasteiger partial charge in [0.2, 0.25) is 5.91 Å². The molecule has 126 valence electrons. The third-order valence-electron chi connectivity index (χ3n) is 5.20. The smallest absolute Gasteiger partial charge is 0.311 e. The highest BCUT2D eigenvalue weighted by Gasteiger charge is 2.50. The SMILES string of the molecule is CC(C)C1(C(=O)O)CCN(C(=O)C(C)(C)c2cccc(Cl)c2)C1. The first kappa shape index (κ1) is 17.8. The Kier molecular flexibility index (Phi) is 4.76. The molecule has 0 aliphatic carbocycles. The van der Waals surface area contributed by atoms with Gasteiger partial charge in [-0.05, 0) is 43.9 Å². The second-order valence-electron chi connectivity index (χ2n) is 7.23. The molecule has 1 amide bonds. The van der Waals surface area contributed by atoms with E-state index in [9.17, 15) is 14.7 Å². The Balaban J connectivity index is 2.26. The van der Waals surface area contributed by atoms with Gasteiger partial charge in [-0.1, -0.05) is 37.6 Å². The van der Waals surface area contributed by atoms with Crippen molar-refractivity contribution in [1.82, 2.24) is 4.90 Å². The van der Waals surface area contributed by atoms with Crippen molar-refractivity contribution in [2.24, 2.45) is 11.3 Å². The van der Waals surface area contributed by atoms with Crippen LogP contribution in [0.4, 0.5) is 0 Å². The monoisotopic (exact) mass is 337 g/mol. The van der Waals surface area contributed by atoms with Gasteiger partial charge in [0.25, 0.3) is 0 Å². The van der Waals surface area contributed by atoms with Crippen LogP contribution in [0.5, 0.6) is 0 Å². The maximum absolute atomic E-state index is 13.0. The number of aliphatic carboxylic acids is 1. The van der Waals surface area contributed by atoms with Crippen molar-refractivity contribution in [3.8, 4) is 0 Å². The van der Waals surface area contributed by atoms with Gasteiger partial charge in [0, 0.05) is 18.1 Å². The van der Waals surface area contributed by atoms with Gasteiger partial charge in [-0.15, -0.1) is 0 Å². The number of likely N-dealkylation sites (tertiary alicyclic amines) is 1. The highest BCUT2D eigenvalue weighted by molar-refractivity contribution is 6.30. The molecule has 1 heterocycles. The molecule has 23 heavy (non-hydrogen) atoms. The number of carboxylic acids is 1. The maximum Gasteiger partial charge on any atom is 0.311 e. The van der Waals surface area contributed by atoms with Crippen molar-refractivity contribution in [3.63, 3.8) is 0 Å². The molecule has 1 aliphatic rings. The van der Waals surface area contributed by atoms with Gasteiger partial charge in [-0.2, -0.15) is 0 Å². The van der Waals surface area contributed by atoms with E-state index in [0.717, 1.165) is 5.56 Å². The van der Waals surface area contributed by atoms with Crippen LogP contribution in [0.1, 0.15) is 39.7 Å². The quantitative estimate of drug-likeness (QED) is 0.913. The summed E-state index contributed by atoms with van der Waals surface area (Å²) in [7, 11) is 0. The van der Waals surface area contributed by atoms with Gasteiger partial charge in [-0.25, -0.2) is 0 Å². The number of carbonyl (C=O) groups excluding carboxylic acids is 1. The van der Waals surface area contributed by atoms with Crippen LogP contribution in [0.3, 0.4) is 0 Å². The maximum atomic E-state index is 13.0. The number of hydrogen-bond acceptors (Lipinski definition) is 2. The summed E-state index contributed by atoms with van der Waals surface area (Å²) < 4.78 is 0. The average molecular weight is 338 g/mol. The molecule has 0 spiro atoms. The van der Waals surface area contributed by atoms with Gasteiger partial charge in [0.1, 0.15) is 0 Å². The van der Waals surface area contributed by atoms with Crippen molar-refractivity contribution in [1.29, 1.82) is 0 Å². The van der Waals surface area contributed by atoms with E-state index >= 15 is 0 Å². The van der Waals surface area contributed by atoms with Crippen LogP contribution >= 0.6 is 11.6 Å². The molecule has 0 radical (unpaired) electrons. The minimum atomic E-state index is -0.847.